The molecule has 0 unspecified atom stereocenters. The highest BCUT2D eigenvalue weighted by Gasteiger charge is 2.01. The van der Waals surface area contributed by atoms with Gasteiger partial charge in [0, 0.05) is 0 Å². The van der Waals surface area contributed by atoms with E-state index < -0.39 is 0 Å². The van der Waals surface area contributed by atoms with E-state index in [4.69, 9.17) is 9.47 Å². The van der Waals surface area contributed by atoms with Crippen LogP contribution in [0.3, 0.4) is 0 Å². The molecule has 0 fully saturated rings. The van der Waals surface area contributed by atoms with Gasteiger partial charge < -0.3 is 19.7 Å². The van der Waals surface area contributed by atoms with Crippen molar-refractivity contribution in [2.24, 2.45) is 0 Å². The minimum Gasteiger partial charge on any atom is -0.504 e. The lowest BCUT2D eigenvalue weighted by atomic mass is 10.1. The predicted molar refractivity (Wildman–Crippen MR) is 97.2 cm³/mol. The Kier molecular flexibility index (Phi) is 8.26. The van der Waals surface area contributed by atoms with Gasteiger partial charge in [-0.2, -0.15) is 0 Å². The summed E-state index contributed by atoms with van der Waals surface area (Å²) in [7, 11) is 3.09. The molecule has 130 valence electrons. The number of allylic oxidation sites excluding steroid dienone is 1. The molecule has 2 aromatic rings. The summed E-state index contributed by atoms with van der Waals surface area (Å²) in [5.41, 5.74) is 2.28. The van der Waals surface area contributed by atoms with Gasteiger partial charge in [0.15, 0.2) is 23.0 Å². The van der Waals surface area contributed by atoms with Crippen molar-refractivity contribution in [3.8, 4) is 23.0 Å². The first-order valence-corrected chi connectivity index (χ1v) is 7.88. The van der Waals surface area contributed by atoms with E-state index in [1.54, 1.807) is 25.3 Å². The lowest BCUT2D eigenvalue weighted by Crippen LogP contribution is -1.87. The SMILES string of the molecule is C=CCc1ccc(O)c(OC)c1.CCCc1ccc(O)c(OC)c1. The van der Waals surface area contributed by atoms with Gasteiger partial charge in [-0.3, -0.25) is 0 Å². The molecule has 0 atom stereocenters. The zero-order valence-corrected chi connectivity index (χ0v) is 14.6. The Labute approximate surface area is 144 Å². The van der Waals surface area contributed by atoms with Crippen LogP contribution in [-0.2, 0) is 12.8 Å². The van der Waals surface area contributed by atoms with Gasteiger partial charge in [-0.1, -0.05) is 31.6 Å². The molecule has 0 amide bonds. The molecule has 0 aliphatic heterocycles. The Hall–Kier alpha value is -2.62. The van der Waals surface area contributed by atoms with E-state index in [0.29, 0.717) is 11.5 Å². The van der Waals surface area contributed by atoms with Crippen LogP contribution in [-0.4, -0.2) is 24.4 Å². The molecule has 0 heterocycles. The summed E-state index contributed by atoms with van der Waals surface area (Å²) in [6.07, 6.45) is 4.73. The number of methoxy groups -OCH3 is 2. The van der Waals surface area contributed by atoms with E-state index in [1.807, 2.05) is 24.3 Å². The van der Waals surface area contributed by atoms with Crippen molar-refractivity contribution in [1.29, 1.82) is 0 Å². The van der Waals surface area contributed by atoms with Crippen molar-refractivity contribution in [3.63, 3.8) is 0 Å². The van der Waals surface area contributed by atoms with Crippen LogP contribution in [0, 0.1) is 0 Å². The maximum Gasteiger partial charge on any atom is 0.160 e. The van der Waals surface area contributed by atoms with E-state index in [2.05, 4.69) is 13.5 Å². The maximum atomic E-state index is 9.28. The van der Waals surface area contributed by atoms with Crippen molar-refractivity contribution in [3.05, 3.63) is 60.2 Å². The van der Waals surface area contributed by atoms with E-state index >= 15 is 0 Å². The molecule has 0 bridgehead atoms. The van der Waals surface area contributed by atoms with Gasteiger partial charge in [-0.15, -0.1) is 6.58 Å². The summed E-state index contributed by atoms with van der Waals surface area (Å²) in [6, 6.07) is 10.7. The van der Waals surface area contributed by atoms with Crippen molar-refractivity contribution < 1.29 is 19.7 Å². The standard InChI is InChI=1S/C10H14O2.C10H12O2/c2*1-3-4-8-5-6-9(11)10(7-8)12-2/h5-7,11H,3-4H2,1-2H3;3,5-7,11H,1,4H2,2H3. The van der Waals surface area contributed by atoms with Gasteiger partial charge in [-0.05, 0) is 48.2 Å². The van der Waals surface area contributed by atoms with E-state index in [0.717, 1.165) is 24.8 Å². The quantitative estimate of drug-likeness (QED) is 0.767. The number of phenols is 2. The number of aryl methyl sites for hydroxylation is 1. The zero-order valence-electron chi connectivity index (χ0n) is 14.6. The van der Waals surface area contributed by atoms with Gasteiger partial charge in [0.1, 0.15) is 0 Å². The van der Waals surface area contributed by atoms with Crippen LogP contribution < -0.4 is 9.47 Å². The molecule has 2 aromatic carbocycles. The molecule has 0 spiro atoms. The Balaban J connectivity index is 0.000000240. The third-order valence-electron chi connectivity index (χ3n) is 3.41. The van der Waals surface area contributed by atoms with Crippen molar-refractivity contribution >= 4 is 0 Å². The smallest absolute Gasteiger partial charge is 0.160 e. The number of aromatic hydroxyl groups is 2. The summed E-state index contributed by atoms with van der Waals surface area (Å²) in [5.74, 6) is 1.44. The fourth-order valence-corrected chi connectivity index (χ4v) is 2.18. The number of rotatable bonds is 6. The van der Waals surface area contributed by atoms with E-state index in [1.165, 1.54) is 12.7 Å². The molecule has 4 nitrogen and oxygen atoms in total. The van der Waals surface area contributed by atoms with Gasteiger partial charge in [0.05, 0.1) is 14.2 Å². The Morgan fingerprint density at radius 3 is 1.88 bits per heavy atom. The average molecular weight is 330 g/mol. The minimum atomic E-state index is 0.172. The van der Waals surface area contributed by atoms with Gasteiger partial charge in [0.2, 0.25) is 0 Å². The molecule has 4 heteroatoms. The lowest BCUT2D eigenvalue weighted by molar-refractivity contribution is 0.373. The molecule has 0 aliphatic carbocycles. The third kappa shape index (κ3) is 5.88. The predicted octanol–water partition coefficient (Wildman–Crippen LogP) is 4.48. The molecule has 0 saturated heterocycles. The molecule has 0 aromatic heterocycles. The lowest BCUT2D eigenvalue weighted by Gasteiger charge is -2.05. The van der Waals surface area contributed by atoms with Gasteiger partial charge in [-0.25, -0.2) is 0 Å². The minimum absolute atomic E-state index is 0.172. The molecule has 0 saturated carbocycles. The van der Waals surface area contributed by atoms with Crippen molar-refractivity contribution in [1.82, 2.24) is 0 Å². The van der Waals surface area contributed by atoms with Crippen molar-refractivity contribution in [2.45, 2.75) is 26.2 Å². The first-order valence-electron chi connectivity index (χ1n) is 7.88. The Morgan fingerprint density at radius 1 is 0.917 bits per heavy atom. The summed E-state index contributed by atoms with van der Waals surface area (Å²) in [5, 5.41) is 18.5. The maximum absolute atomic E-state index is 9.28. The third-order valence-corrected chi connectivity index (χ3v) is 3.41. The second-order valence-electron chi connectivity index (χ2n) is 5.26. The number of hydrogen-bond donors (Lipinski definition) is 2. The summed E-state index contributed by atoms with van der Waals surface area (Å²) >= 11 is 0. The Bertz CT molecular complexity index is 650. The molecule has 2 rings (SSSR count). The van der Waals surface area contributed by atoms with Gasteiger partial charge in [0.25, 0.3) is 0 Å². The fraction of sp³-hybridized carbons (Fsp3) is 0.300. The largest absolute Gasteiger partial charge is 0.504 e. The van der Waals surface area contributed by atoms with Gasteiger partial charge >= 0.3 is 0 Å². The summed E-state index contributed by atoms with van der Waals surface area (Å²) in [6.45, 7) is 5.75. The van der Waals surface area contributed by atoms with Crippen LogP contribution in [0.15, 0.2) is 49.1 Å². The van der Waals surface area contributed by atoms with Crippen LogP contribution in [0.4, 0.5) is 0 Å². The average Bonchev–Trinajstić information content (AvgIpc) is 2.59. The first-order chi connectivity index (χ1) is 11.5. The molecular formula is C20H26O4. The second-order valence-corrected chi connectivity index (χ2v) is 5.26. The molecule has 0 aliphatic rings. The highest BCUT2D eigenvalue weighted by atomic mass is 16.5. The number of benzene rings is 2. The number of ether oxygens (including phenoxy) is 2. The first kappa shape index (κ1) is 19.4. The molecule has 0 radical (unpaired) electrons. The normalized spacial score (nSPS) is 9.62. The topological polar surface area (TPSA) is 58.9 Å². The Morgan fingerprint density at radius 2 is 1.42 bits per heavy atom. The second kappa shape index (κ2) is 10.2. The summed E-state index contributed by atoms with van der Waals surface area (Å²) < 4.78 is 9.93. The highest BCUT2D eigenvalue weighted by molar-refractivity contribution is 5.42. The van der Waals surface area contributed by atoms with Crippen LogP contribution in [0.5, 0.6) is 23.0 Å². The highest BCUT2D eigenvalue weighted by Crippen LogP contribution is 2.27. The van der Waals surface area contributed by atoms with Crippen LogP contribution >= 0.6 is 0 Å². The van der Waals surface area contributed by atoms with Crippen molar-refractivity contribution in [2.75, 3.05) is 14.2 Å². The van der Waals surface area contributed by atoms with E-state index in [9.17, 15) is 10.2 Å². The van der Waals surface area contributed by atoms with Crippen LogP contribution in [0.2, 0.25) is 0 Å². The van der Waals surface area contributed by atoms with E-state index in [-0.39, 0.29) is 11.5 Å². The molecule has 2 N–H and O–H groups in total. The number of hydrogen-bond acceptors (Lipinski definition) is 4. The molecule has 24 heavy (non-hydrogen) atoms. The van der Waals surface area contributed by atoms with Crippen LogP contribution in [0.25, 0.3) is 0 Å². The molecular weight excluding hydrogens is 304 g/mol. The fourth-order valence-electron chi connectivity index (χ4n) is 2.18. The zero-order chi connectivity index (χ0) is 17.9. The number of phenolic OH excluding ortho intramolecular Hbond substituents is 2. The van der Waals surface area contributed by atoms with Crippen LogP contribution in [0.1, 0.15) is 24.5 Å². The summed E-state index contributed by atoms with van der Waals surface area (Å²) in [4.78, 5) is 0. The monoisotopic (exact) mass is 330 g/mol.